The average molecular weight is 499 g/mol. The molecule has 4 fully saturated rings. The van der Waals surface area contributed by atoms with Crippen LogP contribution in [0, 0.1) is 46.3 Å². The summed E-state index contributed by atoms with van der Waals surface area (Å²) in [4.78, 5) is 25.2. The molecule has 0 aromatic carbocycles. The number of rotatable bonds is 4. The normalized spacial score (nSPS) is 50.2. The number of fused-ring (bicyclic) bond motifs is 5. The highest BCUT2D eigenvalue weighted by Crippen LogP contribution is 2.68. The molecule has 11 atom stereocenters. The standard InChI is InChI=1S/C25H39BrO5/c1-13(5-8-20(29)31-4)15-6-7-16-21-17(12-19(28)25(15,16)3)24(2)10-9-14(27)11-18(24)22(26)23(21)30/h13-19,21-22,27-28H,5-12H2,1-4H3/t13-,14-,15-,16+,17+,18+,19+,21+,22-,24-,25-/m1/s1. The third-order valence-electron chi connectivity index (χ3n) is 10.4. The molecule has 0 aromatic heterocycles. The summed E-state index contributed by atoms with van der Waals surface area (Å²) in [5, 5.41) is 21.9. The fourth-order valence-corrected chi connectivity index (χ4v) is 9.62. The SMILES string of the molecule is COC(=O)CC[C@@H](C)[C@H]1CC[C@H]2[C@@H]3C(=O)[C@H](Br)[C@@H]4C[C@H](O)CC[C@]4(C)[C@H]3C[C@H](O)[C@]12C. The van der Waals surface area contributed by atoms with Crippen LogP contribution in [-0.2, 0) is 14.3 Å². The number of alkyl halides is 1. The zero-order valence-electron chi connectivity index (χ0n) is 19.4. The molecule has 0 amide bonds. The molecule has 31 heavy (non-hydrogen) atoms. The Morgan fingerprint density at radius 1 is 1.16 bits per heavy atom. The summed E-state index contributed by atoms with van der Waals surface area (Å²) < 4.78 is 4.83. The number of carbonyl (C=O) groups excluding carboxylic acids is 2. The lowest BCUT2D eigenvalue weighted by atomic mass is 9.43. The van der Waals surface area contributed by atoms with Gasteiger partial charge in [0.1, 0.15) is 5.78 Å². The number of esters is 1. The van der Waals surface area contributed by atoms with Crippen molar-refractivity contribution in [2.45, 2.75) is 89.2 Å². The number of carbonyl (C=O) groups is 2. The maximum absolute atomic E-state index is 13.7. The highest BCUT2D eigenvalue weighted by molar-refractivity contribution is 9.10. The molecule has 4 rings (SSSR count). The third-order valence-corrected chi connectivity index (χ3v) is 11.4. The zero-order valence-corrected chi connectivity index (χ0v) is 20.9. The van der Waals surface area contributed by atoms with Gasteiger partial charge in [-0.2, -0.15) is 0 Å². The number of methoxy groups -OCH3 is 1. The monoisotopic (exact) mass is 498 g/mol. The van der Waals surface area contributed by atoms with Crippen LogP contribution in [0.4, 0.5) is 0 Å². The Morgan fingerprint density at radius 2 is 1.87 bits per heavy atom. The van der Waals surface area contributed by atoms with E-state index >= 15 is 0 Å². The molecule has 2 N–H and O–H groups in total. The summed E-state index contributed by atoms with van der Waals surface area (Å²) in [5.74, 6) is 1.20. The van der Waals surface area contributed by atoms with Gasteiger partial charge in [0.2, 0.25) is 0 Å². The van der Waals surface area contributed by atoms with Crippen LogP contribution >= 0.6 is 15.9 Å². The maximum atomic E-state index is 13.7. The summed E-state index contributed by atoms with van der Waals surface area (Å²) in [6, 6.07) is 0. The van der Waals surface area contributed by atoms with E-state index in [0.717, 1.165) is 32.1 Å². The van der Waals surface area contributed by atoms with Gasteiger partial charge in [-0.1, -0.05) is 36.7 Å². The predicted molar refractivity (Wildman–Crippen MR) is 122 cm³/mol. The summed E-state index contributed by atoms with van der Waals surface area (Å²) in [6.07, 6.45) is 5.43. The fourth-order valence-electron chi connectivity index (χ4n) is 8.50. The predicted octanol–water partition coefficient (Wildman–Crippen LogP) is 4.12. The van der Waals surface area contributed by atoms with E-state index in [1.54, 1.807) is 0 Å². The van der Waals surface area contributed by atoms with Crippen molar-refractivity contribution in [3.8, 4) is 0 Å². The number of ether oxygens (including phenoxy) is 1. The largest absolute Gasteiger partial charge is 0.469 e. The van der Waals surface area contributed by atoms with Crippen LogP contribution in [0.25, 0.3) is 0 Å². The second-order valence-corrected chi connectivity index (χ2v) is 12.5. The topological polar surface area (TPSA) is 83.8 Å². The van der Waals surface area contributed by atoms with Gasteiger partial charge in [-0.25, -0.2) is 0 Å². The molecule has 176 valence electrons. The number of ketones is 1. The molecule has 6 heteroatoms. The summed E-state index contributed by atoms with van der Waals surface area (Å²) in [5.41, 5.74) is -0.320. The Labute approximate surface area is 194 Å². The molecule has 0 heterocycles. The summed E-state index contributed by atoms with van der Waals surface area (Å²) >= 11 is 3.77. The number of Topliss-reactive ketones (excluding diaryl/α,β-unsaturated/α-hetero) is 1. The number of aliphatic hydroxyl groups excluding tert-OH is 2. The lowest BCUT2D eigenvalue weighted by Crippen LogP contribution is -2.64. The number of aliphatic hydroxyl groups is 2. The van der Waals surface area contributed by atoms with Gasteiger partial charge in [0.05, 0.1) is 24.1 Å². The minimum atomic E-state index is -0.434. The van der Waals surface area contributed by atoms with Crippen LogP contribution in [0.15, 0.2) is 0 Å². The van der Waals surface area contributed by atoms with Crippen molar-refractivity contribution in [3.05, 3.63) is 0 Å². The van der Waals surface area contributed by atoms with E-state index in [9.17, 15) is 19.8 Å². The molecular formula is C25H39BrO5. The van der Waals surface area contributed by atoms with Gasteiger partial charge in [0.25, 0.3) is 0 Å². The smallest absolute Gasteiger partial charge is 0.305 e. The molecule has 0 aromatic rings. The molecule has 4 aliphatic carbocycles. The quantitative estimate of drug-likeness (QED) is 0.449. The Kier molecular flexibility index (Phi) is 6.41. The van der Waals surface area contributed by atoms with Crippen molar-refractivity contribution in [1.82, 2.24) is 0 Å². The Balaban J connectivity index is 1.62. The second-order valence-electron chi connectivity index (χ2n) is 11.5. The van der Waals surface area contributed by atoms with Crippen LogP contribution in [0.1, 0.15) is 72.1 Å². The van der Waals surface area contributed by atoms with Crippen LogP contribution in [-0.4, -0.2) is 46.1 Å². The van der Waals surface area contributed by atoms with Gasteiger partial charge in [0.15, 0.2) is 0 Å². The first kappa shape index (κ1) is 23.7. The average Bonchev–Trinajstić information content (AvgIpc) is 3.10. The van der Waals surface area contributed by atoms with E-state index in [1.165, 1.54) is 7.11 Å². The van der Waals surface area contributed by atoms with Gasteiger partial charge >= 0.3 is 5.97 Å². The minimum absolute atomic E-state index is 0.0212. The molecule has 0 spiro atoms. The van der Waals surface area contributed by atoms with E-state index in [0.29, 0.717) is 36.9 Å². The van der Waals surface area contributed by atoms with E-state index in [2.05, 4.69) is 36.7 Å². The van der Waals surface area contributed by atoms with Gasteiger partial charge in [-0.05, 0) is 80.0 Å². The van der Waals surface area contributed by atoms with Crippen molar-refractivity contribution < 1.29 is 24.5 Å². The van der Waals surface area contributed by atoms with Gasteiger partial charge in [0, 0.05) is 17.8 Å². The molecule has 0 unspecified atom stereocenters. The first-order chi connectivity index (χ1) is 14.6. The Bertz CT molecular complexity index is 727. The van der Waals surface area contributed by atoms with Crippen molar-refractivity contribution >= 4 is 27.7 Å². The van der Waals surface area contributed by atoms with Crippen molar-refractivity contribution in [2.24, 2.45) is 46.3 Å². The van der Waals surface area contributed by atoms with Gasteiger partial charge in [-0.15, -0.1) is 0 Å². The van der Waals surface area contributed by atoms with E-state index in [4.69, 9.17) is 4.74 Å². The van der Waals surface area contributed by atoms with Crippen molar-refractivity contribution in [1.29, 1.82) is 0 Å². The molecule has 0 bridgehead atoms. The maximum Gasteiger partial charge on any atom is 0.305 e. The van der Waals surface area contributed by atoms with Gasteiger partial charge < -0.3 is 14.9 Å². The Morgan fingerprint density at radius 3 is 2.55 bits per heavy atom. The third kappa shape index (κ3) is 3.54. The summed E-state index contributed by atoms with van der Waals surface area (Å²) in [6.45, 7) is 6.71. The molecule has 5 nitrogen and oxygen atoms in total. The van der Waals surface area contributed by atoms with Gasteiger partial charge in [-0.3, -0.25) is 9.59 Å². The fraction of sp³-hybridized carbons (Fsp3) is 0.920. The highest BCUT2D eigenvalue weighted by atomic mass is 79.9. The lowest BCUT2D eigenvalue weighted by molar-refractivity contribution is -0.180. The van der Waals surface area contributed by atoms with Crippen molar-refractivity contribution in [2.75, 3.05) is 7.11 Å². The number of halogens is 1. The lowest BCUT2D eigenvalue weighted by Gasteiger charge is -2.62. The van der Waals surface area contributed by atoms with Crippen LogP contribution in [0.3, 0.4) is 0 Å². The van der Waals surface area contributed by atoms with E-state index in [1.807, 2.05) is 0 Å². The van der Waals surface area contributed by atoms with Crippen LogP contribution in [0.2, 0.25) is 0 Å². The molecule has 4 saturated carbocycles. The van der Waals surface area contributed by atoms with E-state index < -0.39 is 6.10 Å². The first-order valence-electron chi connectivity index (χ1n) is 12.2. The van der Waals surface area contributed by atoms with E-state index in [-0.39, 0.29) is 51.4 Å². The molecule has 0 radical (unpaired) electrons. The number of hydrogen-bond acceptors (Lipinski definition) is 5. The van der Waals surface area contributed by atoms with Crippen LogP contribution < -0.4 is 0 Å². The second kappa shape index (κ2) is 8.39. The molecule has 0 saturated heterocycles. The first-order valence-corrected chi connectivity index (χ1v) is 13.1. The molecule has 0 aliphatic heterocycles. The molecule has 4 aliphatic rings. The molecular weight excluding hydrogens is 460 g/mol. The minimum Gasteiger partial charge on any atom is -0.469 e. The Hall–Kier alpha value is -0.460. The number of hydrogen-bond donors (Lipinski definition) is 2. The van der Waals surface area contributed by atoms with Crippen LogP contribution in [0.5, 0.6) is 0 Å². The zero-order chi connectivity index (χ0) is 22.7. The van der Waals surface area contributed by atoms with Crippen molar-refractivity contribution in [3.63, 3.8) is 0 Å². The highest BCUT2D eigenvalue weighted by Gasteiger charge is 2.67. The summed E-state index contributed by atoms with van der Waals surface area (Å²) in [7, 11) is 1.43.